The van der Waals surface area contributed by atoms with Crippen LogP contribution in [0.4, 0.5) is 20.6 Å². The molecule has 0 bridgehead atoms. The van der Waals surface area contributed by atoms with Crippen LogP contribution in [0.2, 0.25) is 0 Å². The van der Waals surface area contributed by atoms with Gasteiger partial charge in [0.2, 0.25) is 5.88 Å². The van der Waals surface area contributed by atoms with Crippen molar-refractivity contribution in [2.75, 3.05) is 30.1 Å². The van der Waals surface area contributed by atoms with Gasteiger partial charge in [-0.3, -0.25) is 4.90 Å². The van der Waals surface area contributed by atoms with Crippen LogP contribution in [-0.2, 0) is 16.3 Å². The van der Waals surface area contributed by atoms with Gasteiger partial charge < -0.3 is 10.1 Å². The number of ether oxygens (including phenoxy) is 1. The Balaban J connectivity index is 2.01. The number of methoxy groups -OCH3 is 1. The maximum atomic E-state index is 13.9. The van der Waals surface area contributed by atoms with E-state index in [-0.39, 0.29) is 29.4 Å². The molecule has 0 unspecified atom stereocenters. The summed E-state index contributed by atoms with van der Waals surface area (Å²) in [6, 6.07) is 5.30. The largest absolute Gasteiger partial charge is 0.480 e. The molecule has 2 amide bonds. The molecule has 3 rings (SSSR count). The molecule has 0 saturated heterocycles. The zero-order valence-electron chi connectivity index (χ0n) is 13.6. The minimum Gasteiger partial charge on any atom is -0.480 e. The summed E-state index contributed by atoms with van der Waals surface area (Å²) >= 11 is 0. The fourth-order valence-corrected chi connectivity index (χ4v) is 3.46. The van der Waals surface area contributed by atoms with Gasteiger partial charge >= 0.3 is 6.03 Å². The lowest BCUT2D eigenvalue weighted by Crippen LogP contribution is -2.34. The molecule has 2 heterocycles. The van der Waals surface area contributed by atoms with Gasteiger partial charge in [0, 0.05) is 24.1 Å². The van der Waals surface area contributed by atoms with Crippen LogP contribution >= 0.6 is 0 Å². The molecular formula is C16H16FN3O4S. The van der Waals surface area contributed by atoms with E-state index in [9.17, 15) is 17.6 Å². The van der Waals surface area contributed by atoms with Crippen molar-refractivity contribution >= 4 is 27.2 Å². The quantitative estimate of drug-likeness (QED) is 0.901. The standard InChI is InChI=1S/C16H16FN3O4S/c1-24-15-14(25(2,22)23)8-10(9-18-15)20-7-6-11-12(17)4-3-5-13(11)19-16(20)21/h3-5,8-9H,6-7H2,1-2H3,(H,19,21). The number of pyridine rings is 1. The Morgan fingerprint density at radius 1 is 1.36 bits per heavy atom. The van der Waals surface area contributed by atoms with Gasteiger partial charge in [-0.05, 0) is 24.6 Å². The number of carbonyl (C=O) groups is 1. The number of nitrogens with one attached hydrogen (secondary N) is 1. The Morgan fingerprint density at radius 2 is 2.12 bits per heavy atom. The number of sulfone groups is 1. The van der Waals surface area contributed by atoms with E-state index in [4.69, 9.17) is 4.74 Å². The molecule has 132 valence electrons. The average molecular weight is 365 g/mol. The molecule has 2 aromatic rings. The molecule has 25 heavy (non-hydrogen) atoms. The summed E-state index contributed by atoms with van der Waals surface area (Å²) in [5, 5.41) is 2.64. The number of nitrogens with zero attached hydrogens (tertiary/aromatic N) is 2. The number of anilines is 2. The highest BCUT2D eigenvalue weighted by Crippen LogP contribution is 2.29. The summed E-state index contributed by atoms with van der Waals surface area (Å²) in [5.41, 5.74) is 1.09. The molecule has 0 saturated carbocycles. The number of hydrogen-bond acceptors (Lipinski definition) is 5. The molecule has 7 nitrogen and oxygen atoms in total. The Bertz CT molecular complexity index is 946. The second-order valence-electron chi connectivity index (χ2n) is 5.57. The fourth-order valence-electron chi connectivity index (χ4n) is 2.67. The molecule has 1 N–H and O–H groups in total. The van der Waals surface area contributed by atoms with Crippen LogP contribution in [0.25, 0.3) is 0 Å². The minimum absolute atomic E-state index is 0.0455. The molecule has 1 aromatic carbocycles. The monoisotopic (exact) mass is 365 g/mol. The van der Waals surface area contributed by atoms with Crippen LogP contribution in [0.15, 0.2) is 35.4 Å². The molecule has 0 spiro atoms. The van der Waals surface area contributed by atoms with Crippen molar-refractivity contribution in [3.63, 3.8) is 0 Å². The Morgan fingerprint density at radius 3 is 2.80 bits per heavy atom. The van der Waals surface area contributed by atoms with Crippen LogP contribution < -0.4 is 15.0 Å². The number of carbonyl (C=O) groups excluding carboxylic acids is 1. The molecule has 0 radical (unpaired) electrons. The van der Waals surface area contributed by atoms with Gasteiger partial charge in [0.15, 0.2) is 9.84 Å². The molecule has 0 aliphatic carbocycles. The Kier molecular flexibility index (Phi) is 4.34. The summed E-state index contributed by atoms with van der Waals surface area (Å²) < 4.78 is 42.8. The summed E-state index contributed by atoms with van der Waals surface area (Å²) in [5.74, 6) is -0.444. The Labute approximate surface area is 144 Å². The third-order valence-corrected chi connectivity index (χ3v) is 4.99. The number of fused-ring (bicyclic) bond motifs is 1. The number of benzene rings is 1. The summed E-state index contributed by atoms with van der Waals surface area (Å²) in [6.07, 6.45) is 2.66. The predicted octanol–water partition coefficient (Wildman–Crippen LogP) is 2.23. The maximum Gasteiger partial charge on any atom is 0.326 e. The summed E-state index contributed by atoms with van der Waals surface area (Å²) in [6.45, 7) is 0.178. The third kappa shape index (κ3) is 3.27. The number of rotatable bonds is 3. The molecule has 1 aliphatic heterocycles. The van der Waals surface area contributed by atoms with Gasteiger partial charge in [-0.25, -0.2) is 22.6 Å². The van der Waals surface area contributed by atoms with Gasteiger partial charge in [-0.15, -0.1) is 0 Å². The van der Waals surface area contributed by atoms with E-state index in [1.165, 1.54) is 36.4 Å². The highest BCUT2D eigenvalue weighted by atomic mass is 32.2. The van der Waals surface area contributed by atoms with E-state index in [1.54, 1.807) is 6.07 Å². The summed E-state index contributed by atoms with van der Waals surface area (Å²) in [7, 11) is -2.29. The van der Waals surface area contributed by atoms with Crippen LogP contribution in [0.1, 0.15) is 5.56 Å². The van der Waals surface area contributed by atoms with Gasteiger partial charge in [0.25, 0.3) is 0 Å². The van der Waals surface area contributed by atoms with Crippen molar-refractivity contribution in [3.8, 4) is 5.88 Å². The smallest absolute Gasteiger partial charge is 0.326 e. The lowest BCUT2D eigenvalue weighted by Gasteiger charge is -2.21. The number of urea groups is 1. The molecule has 9 heteroatoms. The Hall–Kier alpha value is -2.68. The van der Waals surface area contributed by atoms with Crippen molar-refractivity contribution in [2.24, 2.45) is 0 Å². The van der Waals surface area contributed by atoms with Crippen molar-refractivity contribution in [3.05, 3.63) is 41.8 Å². The second-order valence-corrected chi connectivity index (χ2v) is 7.55. The van der Waals surface area contributed by atoms with Gasteiger partial charge in [-0.1, -0.05) is 6.07 Å². The molecule has 1 aliphatic rings. The molecule has 0 atom stereocenters. The van der Waals surface area contributed by atoms with Gasteiger partial charge in [-0.2, -0.15) is 0 Å². The fraction of sp³-hybridized carbons (Fsp3) is 0.250. The first-order chi connectivity index (χ1) is 11.8. The lowest BCUT2D eigenvalue weighted by molar-refractivity contribution is 0.257. The summed E-state index contributed by atoms with van der Waals surface area (Å²) in [4.78, 5) is 17.7. The topological polar surface area (TPSA) is 88.6 Å². The molecule has 0 fully saturated rings. The predicted molar refractivity (Wildman–Crippen MR) is 90.4 cm³/mol. The normalized spacial score (nSPS) is 14.5. The van der Waals surface area contributed by atoms with E-state index >= 15 is 0 Å². The van der Waals surface area contributed by atoms with Crippen molar-refractivity contribution in [1.82, 2.24) is 4.98 Å². The van der Waals surface area contributed by atoms with Crippen molar-refractivity contribution < 1.29 is 22.3 Å². The first-order valence-electron chi connectivity index (χ1n) is 7.41. The molecule has 1 aromatic heterocycles. The number of halogens is 1. The van der Waals surface area contributed by atoms with E-state index in [0.29, 0.717) is 11.3 Å². The van der Waals surface area contributed by atoms with E-state index in [1.807, 2.05) is 0 Å². The minimum atomic E-state index is -3.60. The lowest BCUT2D eigenvalue weighted by atomic mass is 10.1. The second kappa shape index (κ2) is 6.32. The zero-order valence-corrected chi connectivity index (χ0v) is 14.4. The number of hydrogen-bond donors (Lipinski definition) is 1. The van der Waals surface area contributed by atoms with Crippen molar-refractivity contribution in [2.45, 2.75) is 11.3 Å². The van der Waals surface area contributed by atoms with Crippen molar-refractivity contribution in [1.29, 1.82) is 0 Å². The number of aromatic nitrogens is 1. The highest BCUT2D eigenvalue weighted by molar-refractivity contribution is 7.90. The van der Waals surface area contributed by atoms with Crippen LogP contribution in [-0.4, -0.2) is 39.3 Å². The first kappa shape index (κ1) is 17.2. The van der Waals surface area contributed by atoms with Crippen LogP contribution in [0, 0.1) is 5.82 Å². The third-order valence-electron chi connectivity index (χ3n) is 3.90. The molecular weight excluding hydrogens is 349 g/mol. The van der Waals surface area contributed by atoms with E-state index < -0.39 is 21.7 Å². The van der Waals surface area contributed by atoms with Crippen LogP contribution in [0.3, 0.4) is 0 Å². The number of amides is 2. The first-order valence-corrected chi connectivity index (χ1v) is 9.30. The maximum absolute atomic E-state index is 13.9. The van der Waals surface area contributed by atoms with E-state index in [0.717, 1.165) is 6.26 Å². The zero-order chi connectivity index (χ0) is 18.2. The van der Waals surface area contributed by atoms with Gasteiger partial charge in [0.05, 0.1) is 19.0 Å². The van der Waals surface area contributed by atoms with Gasteiger partial charge in [0.1, 0.15) is 10.7 Å². The van der Waals surface area contributed by atoms with Crippen LogP contribution in [0.5, 0.6) is 5.88 Å². The SMILES string of the molecule is COc1ncc(N2CCc3c(F)cccc3NC2=O)cc1S(C)(=O)=O. The average Bonchev–Trinajstić information content (AvgIpc) is 2.73. The highest BCUT2D eigenvalue weighted by Gasteiger charge is 2.25. The van der Waals surface area contributed by atoms with E-state index in [2.05, 4.69) is 10.3 Å².